The summed E-state index contributed by atoms with van der Waals surface area (Å²) in [4.78, 5) is 24.4. The van der Waals surface area contributed by atoms with Gasteiger partial charge in [-0.2, -0.15) is 0 Å². The van der Waals surface area contributed by atoms with Crippen molar-refractivity contribution < 1.29 is 14.3 Å². The lowest BCUT2D eigenvalue weighted by molar-refractivity contribution is -0.159. The molecule has 0 bridgehead atoms. The normalized spacial score (nSPS) is 45.5. The van der Waals surface area contributed by atoms with Crippen LogP contribution in [-0.2, 0) is 14.3 Å². The van der Waals surface area contributed by atoms with Gasteiger partial charge in [0.05, 0.1) is 7.11 Å². The van der Waals surface area contributed by atoms with E-state index in [2.05, 4.69) is 12.8 Å². The highest BCUT2D eigenvalue weighted by Gasteiger charge is 2.65. The Kier molecular flexibility index (Phi) is 3.87. The molecule has 0 aromatic carbocycles. The summed E-state index contributed by atoms with van der Waals surface area (Å²) in [6, 6.07) is 0. The molecule has 0 saturated heterocycles. The summed E-state index contributed by atoms with van der Waals surface area (Å²) in [7, 11) is 1.46. The number of terminal acetylenes is 1. The fraction of sp³-hybridized carbons (Fsp3) is 0.727. The highest BCUT2D eigenvalue weighted by molar-refractivity contribution is 5.91. The standard InChI is InChI=1S/C22H28O3/c1-4-22(20(24)25-3)12-10-19-18-7-5-14-13-15(23)6-8-16(14)17(18)9-11-21(19,22)2/h1,13,16-19H,5-12H2,2-3H3/t16?,17?,18?,19?,21-,22+/m1/s1. The molecule has 0 aromatic rings. The summed E-state index contributed by atoms with van der Waals surface area (Å²) in [5, 5.41) is 0. The number of hydrogen-bond donors (Lipinski definition) is 0. The third-order valence-corrected chi connectivity index (χ3v) is 8.28. The van der Waals surface area contributed by atoms with Crippen LogP contribution in [0.3, 0.4) is 0 Å². The molecule has 3 heteroatoms. The second-order valence-corrected chi connectivity index (χ2v) is 8.84. The minimum absolute atomic E-state index is 0.151. The molecule has 3 nitrogen and oxygen atoms in total. The smallest absolute Gasteiger partial charge is 0.324 e. The van der Waals surface area contributed by atoms with Gasteiger partial charge in [-0.3, -0.25) is 9.59 Å². The Hall–Kier alpha value is -1.56. The first-order valence-electron chi connectivity index (χ1n) is 9.76. The summed E-state index contributed by atoms with van der Waals surface area (Å²) in [5.74, 6) is 5.37. The first kappa shape index (κ1) is 16.9. The number of fused-ring (bicyclic) bond motifs is 5. The molecule has 0 heterocycles. The zero-order valence-electron chi connectivity index (χ0n) is 15.3. The fourth-order valence-electron chi connectivity index (χ4n) is 7.03. The van der Waals surface area contributed by atoms with Crippen molar-refractivity contribution in [3.05, 3.63) is 11.6 Å². The average Bonchev–Trinajstić information content (AvgIpc) is 2.93. The van der Waals surface area contributed by atoms with Gasteiger partial charge in [0.25, 0.3) is 0 Å². The van der Waals surface area contributed by atoms with Crippen LogP contribution in [0, 0.1) is 46.8 Å². The van der Waals surface area contributed by atoms with E-state index in [4.69, 9.17) is 11.2 Å². The second-order valence-electron chi connectivity index (χ2n) is 8.84. The van der Waals surface area contributed by atoms with Gasteiger partial charge in [0.1, 0.15) is 5.41 Å². The zero-order valence-corrected chi connectivity index (χ0v) is 15.3. The first-order valence-corrected chi connectivity index (χ1v) is 9.76. The Morgan fingerprint density at radius 1 is 1.20 bits per heavy atom. The molecule has 0 radical (unpaired) electrons. The Bertz CT molecular complexity index is 684. The van der Waals surface area contributed by atoms with E-state index in [0.717, 1.165) is 44.9 Å². The summed E-state index contributed by atoms with van der Waals surface area (Å²) in [6.07, 6.45) is 15.7. The maximum atomic E-state index is 12.6. The van der Waals surface area contributed by atoms with E-state index >= 15 is 0 Å². The molecule has 0 amide bonds. The number of rotatable bonds is 1. The Morgan fingerprint density at radius 3 is 2.72 bits per heavy atom. The molecule has 4 rings (SSSR count). The van der Waals surface area contributed by atoms with Crippen molar-refractivity contribution >= 4 is 11.8 Å². The Morgan fingerprint density at radius 2 is 2.00 bits per heavy atom. The third kappa shape index (κ3) is 2.12. The highest BCUT2D eigenvalue weighted by atomic mass is 16.5. The number of methoxy groups -OCH3 is 1. The number of allylic oxidation sites excluding steroid dienone is 1. The van der Waals surface area contributed by atoms with Crippen molar-refractivity contribution in [1.82, 2.24) is 0 Å². The van der Waals surface area contributed by atoms with Crippen LogP contribution in [0.2, 0.25) is 0 Å². The number of hydrogen-bond acceptors (Lipinski definition) is 3. The van der Waals surface area contributed by atoms with E-state index in [9.17, 15) is 9.59 Å². The second kappa shape index (κ2) is 5.73. The maximum absolute atomic E-state index is 12.6. The minimum Gasteiger partial charge on any atom is -0.468 e. The SMILES string of the molecule is C#C[C@@]1(C(=O)OC)CCC2C3CCC4=CC(=O)CCC4C3CC[C@]21C. The van der Waals surface area contributed by atoms with Crippen molar-refractivity contribution in [3.63, 3.8) is 0 Å². The van der Waals surface area contributed by atoms with Gasteiger partial charge in [0.15, 0.2) is 5.78 Å². The van der Waals surface area contributed by atoms with E-state index in [1.165, 1.54) is 12.7 Å². The number of ketones is 1. The summed E-state index contributed by atoms with van der Waals surface area (Å²) in [5.41, 5.74) is 0.493. The fourth-order valence-corrected chi connectivity index (χ4v) is 7.03. The predicted molar refractivity (Wildman–Crippen MR) is 95.4 cm³/mol. The van der Waals surface area contributed by atoms with Gasteiger partial charge in [-0.15, -0.1) is 6.42 Å². The molecule has 25 heavy (non-hydrogen) atoms. The lowest BCUT2D eigenvalue weighted by atomic mass is 9.49. The molecule has 4 unspecified atom stereocenters. The molecule has 0 aliphatic heterocycles. The van der Waals surface area contributed by atoms with Gasteiger partial charge < -0.3 is 4.74 Å². The number of ether oxygens (including phenoxy) is 1. The van der Waals surface area contributed by atoms with Crippen molar-refractivity contribution in [3.8, 4) is 12.3 Å². The molecule has 3 fully saturated rings. The van der Waals surface area contributed by atoms with Crippen LogP contribution in [0.15, 0.2) is 11.6 Å². The van der Waals surface area contributed by atoms with Crippen LogP contribution in [-0.4, -0.2) is 18.9 Å². The van der Waals surface area contributed by atoms with Crippen LogP contribution < -0.4 is 0 Å². The van der Waals surface area contributed by atoms with E-state index in [1.807, 2.05) is 6.08 Å². The molecule has 0 aromatic heterocycles. The number of esters is 1. The average molecular weight is 340 g/mol. The topological polar surface area (TPSA) is 43.4 Å². The van der Waals surface area contributed by atoms with E-state index in [1.54, 1.807) is 0 Å². The van der Waals surface area contributed by atoms with Crippen molar-refractivity contribution in [2.45, 2.75) is 58.3 Å². The lowest BCUT2D eigenvalue weighted by Gasteiger charge is -2.55. The van der Waals surface area contributed by atoms with Crippen LogP contribution in [0.1, 0.15) is 58.3 Å². The monoisotopic (exact) mass is 340 g/mol. The van der Waals surface area contributed by atoms with Crippen LogP contribution >= 0.6 is 0 Å². The quantitative estimate of drug-likeness (QED) is 0.537. The van der Waals surface area contributed by atoms with Crippen molar-refractivity contribution in [1.29, 1.82) is 0 Å². The van der Waals surface area contributed by atoms with Crippen LogP contribution in [0.5, 0.6) is 0 Å². The van der Waals surface area contributed by atoms with Crippen molar-refractivity contribution in [2.24, 2.45) is 34.5 Å². The van der Waals surface area contributed by atoms with Gasteiger partial charge in [0, 0.05) is 6.42 Å². The third-order valence-electron chi connectivity index (χ3n) is 8.28. The number of carbonyl (C=O) groups is 2. The Labute approximate surface area is 150 Å². The summed E-state index contributed by atoms with van der Waals surface area (Å²) in [6.45, 7) is 2.24. The minimum atomic E-state index is -0.754. The molecule has 0 N–H and O–H groups in total. The van der Waals surface area contributed by atoms with Gasteiger partial charge in [0.2, 0.25) is 0 Å². The summed E-state index contributed by atoms with van der Waals surface area (Å²) < 4.78 is 5.15. The van der Waals surface area contributed by atoms with Gasteiger partial charge in [-0.25, -0.2) is 0 Å². The largest absolute Gasteiger partial charge is 0.468 e. The van der Waals surface area contributed by atoms with Gasteiger partial charge in [-0.05, 0) is 80.1 Å². The van der Waals surface area contributed by atoms with E-state index in [0.29, 0.717) is 35.9 Å². The Balaban J connectivity index is 1.67. The molecular formula is C22H28O3. The van der Waals surface area contributed by atoms with Gasteiger partial charge in [-0.1, -0.05) is 18.4 Å². The highest BCUT2D eigenvalue weighted by Crippen LogP contribution is 2.67. The molecule has 3 saturated carbocycles. The van der Waals surface area contributed by atoms with Crippen LogP contribution in [0.4, 0.5) is 0 Å². The van der Waals surface area contributed by atoms with Gasteiger partial charge >= 0.3 is 5.97 Å². The first-order chi connectivity index (χ1) is 12.0. The summed E-state index contributed by atoms with van der Waals surface area (Å²) >= 11 is 0. The molecule has 134 valence electrons. The molecule has 0 spiro atoms. The molecule has 6 atom stereocenters. The zero-order chi connectivity index (χ0) is 17.8. The predicted octanol–water partition coefficient (Wildman–Crippen LogP) is 3.92. The molecule has 4 aliphatic carbocycles. The molecular weight excluding hydrogens is 312 g/mol. The van der Waals surface area contributed by atoms with E-state index in [-0.39, 0.29) is 11.4 Å². The molecule has 4 aliphatic rings. The lowest BCUT2D eigenvalue weighted by Crippen LogP contribution is -2.52. The van der Waals surface area contributed by atoms with Crippen molar-refractivity contribution in [2.75, 3.05) is 7.11 Å². The number of carbonyl (C=O) groups excluding carboxylic acids is 2. The van der Waals surface area contributed by atoms with E-state index < -0.39 is 5.41 Å². The van der Waals surface area contributed by atoms with Crippen LogP contribution in [0.25, 0.3) is 0 Å². The maximum Gasteiger partial charge on any atom is 0.324 e.